The van der Waals surface area contributed by atoms with E-state index in [1.54, 1.807) is 12.1 Å². The quantitative estimate of drug-likeness (QED) is 0.573. The van der Waals surface area contributed by atoms with Crippen molar-refractivity contribution in [1.82, 2.24) is 0 Å². The van der Waals surface area contributed by atoms with Crippen molar-refractivity contribution in [3.8, 4) is 11.3 Å². The summed E-state index contributed by atoms with van der Waals surface area (Å²) in [6.07, 6.45) is 0. The Morgan fingerprint density at radius 1 is 1.12 bits per heavy atom. The average Bonchev–Trinajstić information content (AvgIpc) is 3.02. The van der Waals surface area contributed by atoms with Crippen molar-refractivity contribution in [1.29, 1.82) is 0 Å². The van der Waals surface area contributed by atoms with Crippen molar-refractivity contribution in [2.45, 2.75) is 6.54 Å². The van der Waals surface area contributed by atoms with Gasteiger partial charge in [0, 0.05) is 15.7 Å². The molecule has 0 aliphatic carbocycles. The first kappa shape index (κ1) is 16.6. The number of nitrogens with one attached hydrogen (secondary N) is 1. The molecule has 0 spiro atoms. The molecule has 0 radical (unpaired) electrons. The van der Waals surface area contributed by atoms with Crippen LogP contribution in [-0.2, 0) is 6.54 Å². The Morgan fingerprint density at radius 3 is 2.54 bits per heavy atom. The summed E-state index contributed by atoms with van der Waals surface area (Å²) in [5.74, 6) is 0.515. The maximum absolute atomic E-state index is 10.9. The molecule has 4 nitrogen and oxygen atoms in total. The van der Waals surface area contributed by atoms with Gasteiger partial charge in [0.25, 0.3) is 0 Å². The van der Waals surface area contributed by atoms with Crippen LogP contribution in [0.4, 0.5) is 5.69 Å². The van der Waals surface area contributed by atoms with E-state index < -0.39 is 5.97 Å². The predicted octanol–water partition coefficient (Wildman–Crippen LogP) is 5.67. The number of carboxylic acids is 1. The molecule has 24 heavy (non-hydrogen) atoms. The molecule has 0 aliphatic heterocycles. The lowest BCUT2D eigenvalue weighted by Crippen LogP contribution is -2.01. The van der Waals surface area contributed by atoms with Gasteiger partial charge in [-0.05, 0) is 42.5 Å². The van der Waals surface area contributed by atoms with Gasteiger partial charge < -0.3 is 14.8 Å². The highest BCUT2D eigenvalue weighted by molar-refractivity contribution is 9.10. The molecule has 0 aliphatic rings. The van der Waals surface area contributed by atoms with Crippen molar-refractivity contribution >= 4 is 39.2 Å². The van der Waals surface area contributed by atoms with Crippen molar-refractivity contribution in [3.63, 3.8) is 0 Å². The molecule has 3 rings (SSSR count). The first-order valence-electron chi connectivity index (χ1n) is 7.14. The minimum atomic E-state index is -1.04. The maximum Gasteiger partial charge on any atom is 0.337 e. The number of hydrogen-bond acceptors (Lipinski definition) is 3. The highest BCUT2D eigenvalue weighted by Crippen LogP contribution is 2.25. The first-order valence-corrected chi connectivity index (χ1v) is 8.31. The Morgan fingerprint density at radius 2 is 1.88 bits per heavy atom. The lowest BCUT2D eigenvalue weighted by molar-refractivity contribution is 0.0697. The summed E-state index contributed by atoms with van der Waals surface area (Å²) >= 11 is 9.36. The molecule has 1 aromatic heterocycles. The molecule has 0 unspecified atom stereocenters. The van der Waals surface area contributed by atoms with Gasteiger partial charge in [0.2, 0.25) is 0 Å². The topological polar surface area (TPSA) is 62.5 Å². The lowest BCUT2D eigenvalue weighted by atomic mass is 10.2. The third kappa shape index (κ3) is 3.80. The van der Waals surface area contributed by atoms with Crippen LogP contribution in [0.5, 0.6) is 0 Å². The molecule has 6 heteroatoms. The second-order valence-electron chi connectivity index (χ2n) is 5.13. The van der Waals surface area contributed by atoms with E-state index >= 15 is 0 Å². The lowest BCUT2D eigenvalue weighted by Gasteiger charge is -2.06. The standard InChI is InChI=1S/C18H13BrClNO3/c19-12-3-1-11(2-4-12)17-8-6-14(24-17)10-21-13-5-7-15(18(22)23)16(20)9-13/h1-9,21H,10H2,(H,22,23). The van der Waals surface area contributed by atoms with Crippen LogP contribution in [0.15, 0.2) is 63.5 Å². The summed E-state index contributed by atoms with van der Waals surface area (Å²) in [6, 6.07) is 16.4. The third-order valence-electron chi connectivity index (χ3n) is 3.46. The summed E-state index contributed by atoms with van der Waals surface area (Å²) in [5, 5.41) is 12.3. The van der Waals surface area contributed by atoms with Gasteiger partial charge in [-0.1, -0.05) is 39.7 Å². The van der Waals surface area contributed by atoms with E-state index in [4.69, 9.17) is 21.1 Å². The largest absolute Gasteiger partial charge is 0.478 e. The van der Waals surface area contributed by atoms with Crippen LogP contribution in [0.1, 0.15) is 16.1 Å². The van der Waals surface area contributed by atoms with Gasteiger partial charge in [0.05, 0.1) is 17.1 Å². The number of benzene rings is 2. The zero-order valence-electron chi connectivity index (χ0n) is 12.4. The Labute approximate surface area is 152 Å². The second-order valence-corrected chi connectivity index (χ2v) is 6.45. The van der Waals surface area contributed by atoms with E-state index in [1.165, 1.54) is 6.07 Å². The van der Waals surface area contributed by atoms with Gasteiger partial charge in [0.15, 0.2) is 0 Å². The molecule has 0 bridgehead atoms. The summed E-state index contributed by atoms with van der Waals surface area (Å²) in [6.45, 7) is 0.472. The van der Waals surface area contributed by atoms with E-state index in [9.17, 15) is 4.79 Å². The number of halogens is 2. The molecule has 0 fully saturated rings. The number of anilines is 1. The zero-order valence-corrected chi connectivity index (χ0v) is 14.8. The fraction of sp³-hybridized carbons (Fsp3) is 0.0556. The molecule has 0 atom stereocenters. The Balaban J connectivity index is 1.68. The fourth-order valence-corrected chi connectivity index (χ4v) is 2.76. The normalized spacial score (nSPS) is 10.6. The maximum atomic E-state index is 10.9. The van der Waals surface area contributed by atoms with Crippen LogP contribution in [0.25, 0.3) is 11.3 Å². The fourth-order valence-electron chi connectivity index (χ4n) is 2.23. The molecule has 122 valence electrons. The third-order valence-corrected chi connectivity index (χ3v) is 4.30. The Bertz CT molecular complexity index is 874. The molecule has 0 saturated heterocycles. The molecule has 3 aromatic rings. The summed E-state index contributed by atoms with van der Waals surface area (Å²) in [7, 11) is 0. The van der Waals surface area contributed by atoms with Crippen LogP contribution in [0.2, 0.25) is 5.02 Å². The van der Waals surface area contributed by atoms with Gasteiger partial charge in [-0.3, -0.25) is 0 Å². The smallest absolute Gasteiger partial charge is 0.337 e. The van der Waals surface area contributed by atoms with Crippen LogP contribution < -0.4 is 5.32 Å². The highest BCUT2D eigenvalue weighted by Gasteiger charge is 2.09. The molecular formula is C18H13BrClNO3. The Hall–Kier alpha value is -2.24. The van der Waals surface area contributed by atoms with E-state index in [1.807, 2.05) is 36.4 Å². The molecule has 0 amide bonds. The van der Waals surface area contributed by atoms with Crippen molar-refractivity contribution < 1.29 is 14.3 Å². The van der Waals surface area contributed by atoms with Crippen LogP contribution in [-0.4, -0.2) is 11.1 Å². The van der Waals surface area contributed by atoms with E-state index in [0.717, 1.165) is 27.2 Å². The summed E-state index contributed by atoms with van der Waals surface area (Å²) in [4.78, 5) is 10.9. The monoisotopic (exact) mass is 405 g/mol. The van der Waals surface area contributed by atoms with E-state index in [-0.39, 0.29) is 10.6 Å². The molecule has 1 heterocycles. The number of aromatic carboxylic acids is 1. The van der Waals surface area contributed by atoms with Crippen molar-refractivity contribution in [2.24, 2.45) is 0 Å². The van der Waals surface area contributed by atoms with Crippen LogP contribution >= 0.6 is 27.5 Å². The Kier molecular flexibility index (Phi) is 4.92. The minimum Gasteiger partial charge on any atom is -0.478 e. The van der Waals surface area contributed by atoms with Crippen LogP contribution in [0, 0.1) is 0 Å². The SMILES string of the molecule is O=C(O)c1ccc(NCc2ccc(-c3ccc(Br)cc3)o2)cc1Cl. The van der Waals surface area contributed by atoms with Gasteiger partial charge in [0.1, 0.15) is 11.5 Å². The first-order chi connectivity index (χ1) is 11.5. The number of rotatable bonds is 5. The zero-order chi connectivity index (χ0) is 17.1. The van der Waals surface area contributed by atoms with Gasteiger partial charge in [-0.25, -0.2) is 4.79 Å². The predicted molar refractivity (Wildman–Crippen MR) is 97.6 cm³/mol. The van der Waals surface area contributed by atoms with E-state index in [0.29, 0.717) is 6.54 Å². The highest BCUT2D eigenvalue weighted by atomic mass is 79.9. The average molecular weight is 407 g/mol. The molecule has 2 N–H and O–H groups in total. The van der Waals surface area contributed by atoms with Gasteiger partial charge >= 0.3 is 5.97 Å². The van der Waals surface area contributed by atoms with Gasteiger partial charge in [-0.15, -0.1) is 0 Å². The van der Waals surface area contributed by atoms with Crippen LogP contribution in [0.3, 0.4) is 0 Å². The molecule has 0 saturated carbocycles. The van der Waals surface area contributed by atoms with Crippen molar-refractivity contribution in [3.05, 3.63) is 75.4 Å². The molecule has 2 aromatic carbocycles. The molecular weight excluding hydrogens is 394 g/mol. The number of hydrogen-bond donors (Lipinski definition) is 2. The van der Waals surface area contributed by atoms with E-state index in [2.05, 4.69) is 21.2 Å². The minimum absolute atomic E-state index is 0.0812. The number of furan rings is 1. The van der Waals surface area contributed by atoms with Gasteiger partial charge in [-0.2, -0.15) is 0 Å². The number of carbonyl (C=O) groups is 1. The summed E-state index contributed by atoms with van der Waals surface area (Å²) in [5.41, 5.74) is 1.81. The second kappa shape index (κ2) is 7.11. The number of carboxylic acid groups (broad SMARTS) is 1. The summed E-state index contributed by atoms with van der Waals surface area (Å²) < 4.78 is 6.83. The van der Waals surface area contributed by atoms with Crippen molar-refractivity contribution in [2.75, 3.05) is 5.32 Å².